The molecule has 4 aromatic rings. The van der Waals surface area contributed by atoms with E-state index in [0.29, 0.717) is 0 Å². The third-order valence-corrected chi connectivity index (χ3v) is 6.93. The van der Waals surface area contributed by atoms with Crippen molar-refractivity contribution in [1.29, 1.82) is 0 Å². The van der Waals surface area contributed by atoms with E-state index in [1.54, 1.807) is 0 Å². The van der Waals surface area contributed by atoms with Gasteiger partial charge in [0.2, 0.25) is 0 Å². The van der Waals surface area contributed by atoms with Crippen LogP contribution in [-0.2, 0) is 29.3 Å². The lowest BCUT2D eigenvalue weighted by Gasteiger charge is -2.34. The number of benzene rings is 3. The predicted octanol–water partition coefficient (Wildman–Crippen LogP) is 5.46. The summed E-state index contributed by atoms with van der Waals surface area (Å²) in [4.78, 5) is 13.6. The molecule has 0 aliphatic heterocycles. The summed E-state index contributed by atoms with van der Waals surface area (Å²) in [7, 11) is 0. The summed E-state index contributed by atoms with van der Waals surface area (Å²) in [5, 5.41) is 18.7. The number of ether oxygens (including phenoxy) is 1. The number of hydrogen-bond acceptors (Lipinski definition) is 5. The lowest BCUT2D eigenvalue weighted by Crippen LogP contribution is -2.34. The van der Waals surface area contributed by atoms with Crippen LogP contribution in [0.25, 0.3) is 11.0 Å². The first-order valence-corrected chi connectivity index (χ1v) is 12.0. The van der Waals surface area contributed by atoms with Crippen LogP contribution in [0.3, 0.4) is 0 Å². The number of carbonyl (C=O) groups is 1. The zero-order valence-corrected chi connectivity index (χ0v) is 21.1. The Morgan fingerprint density at radius 1 is 1.09 bits per heavy atom. The maximum atomic E-state index is 13.6. The molecule has 0 spiro atoms. The molecule has 6 nitrogen and oxygen atoms in total. The van der Waals surface area contributed by atoms with E-state index < -0.39 is 5.41 Å². The molecule has 0 amide bonds. The van der Waals surface area contributed by atoms with Crippen molar-refractivity contribution in [3.8, 4) is 0 Å². The van der Waals surface area contributed by atoms with Crippen LogP contribution in [0.2, 0.25) is 0 Å². The van der Waals surface area contributed by atoms with E-state index in [9.17, 15) is 9.90 Å². The fourth-order valence-electron chi connectivity index (χ4n) is 4.78. The maximum absolute atomic E-state index is 13.6. The Bertz CT molecular complexity index is 1340. The maximum Gasteiger partial charge on any atom is 0.312 e. The quantitative estimate of drug-likeness (QED) is 0.345. The summed E-state index contributed by atoms with van der Waals surface area (Å²) in [6.07, 6.45) is 0. The van der Waals surface area contributed by atoms with Crippen molar-refractivity contribution in [2.75, 3.05) is 0 Å². The van der Waals surface area contributed by atoms with Crippen molar-refractivity contribution in [3.63, 3.8) is 0 Å². The summed E-state index contributed by atoms with van der Waals surface area (Å²) in [6.45, 7) is 10.8. The van der Waals surface area contributed by atoms with Gasteiger partial charge in [-0.3, -0.25) is 4.79 Å². The molecule has 1 N–H and O–H groups in total. The first-order chi connectivity index (χ1) is 16.8. The molecule has 6 heteroatoms. The molecule has 0 radical (unpaired) electrons. The molecule has 0 fully saturated rings. The van der Waals surface area contributed by atoms with E-state index in [0.717, 1.165) is 51.0 Å². The molecule has 3 aromatic carbocycles. The normalized spacial score (nSPS) is 12.6. The number of aromatic nitrogens is 3. The van der Waals surface area contributed by atoms with Gasteiger partial charge in [0.15, 0.2) is 0 Å². The van der Waals surface area contributed by atoms with Crippen molar-refractivity contribution in [2.24, 2.45) is 5.41 Å². The second kappa shape index (κ2) is 10.0. The lowest BCUT2D eigenvalue weighted by atomic mass is 9.69. The number of esters is 1. The van der Waals surface area contributed by atoms with E-state index in [-0.39, 0.29) is 25.1 Å². The molecule has 0 saturated carbocycles. The predicted molar refractivity (Wildman–Crippen MR) is 137 cm³/mol. The molecule has 1 atom stereocenters. The lowest BCUT2D eigenvalue weighted by molar-refractivity contribution is -0.156. The number of rotatable bonds is 8. The Balaban J connectivity index is 1.81. The summed E-state index contributed by atoms with van der Waals surface area (Å²) in [5.74, 6) is -0.595. The highest BCUT2D eigenvalue weighted by Crippen LogP contribution is 2.44. The molecule has 0 saturated heterocycles. The van der Waals surface area contributed by atoms with E-state index in [1.807, 2.05) is 93.9 Å². The fourth-order valence-corrected chi connectivity index (χ4v) is 4.78. The molecule has 0 aliphatic carbocycles. The van der Waals surface area contributed by atoms with Crippen LogP contribution in [0.5, 0.6) is 0 Å². The Labute approximate surface area is 206 Å². The van der Waals surface area contributed by atoms with E-state index in [4.69, 9.17) is 4.74 Å². The molecule has 0 bridgehead atoms. The minimum atomic E-state index is -0.893. The number of aliphatic hydroxyl groups excluding tert-OH is 1. The first-order valence-electron chi connectivity index (χ1n) is 12.0. The molecular weight excluding hydrogens is 438 g/mol. The van der Waals surface area contributed by atoms with Crippen LogP contribution >= 0.6 is 0 Å². The van der Waals surface area contributed by atoms with Crippen LogP contribution < -0.4 is 0 Å². The average molecular weight is 472 g/mol. The van der Waals surface area contributed by atoms with Crippen molar-refractivity contribution in [2.45, 2.75) is 60.3 Å². The zero-order valence-electron chi connectivity index (χ0n) is 21.1. The molecule has 1 heterocycles. The van der Waals surface area contributed by atoms with E-state index in [2.05, 4.69) is 16.4 Å². The van der Waals surface area contributed by atoms with E-state index >= 15 is 0 Å². The highest BCUT2D eigenvalue weighted by atomic mass is 16.5. The van der Waals surface area contributed by atoms with Crippen LogP contribution in [0.15, 0.2) is 60.7 Å². The fraction of sp³-hybridized carbons (Fsp3) is 0.345. The Kier molecular flexibility index (Phi) is 7.03. The van der Waals surface area contributed by atoms with Gasteiger partial charge in [-0.25, -0.2) is 4.68 Å². The van der Waals surface area contributed by atoms with Crippen LogP contribution in [0.1, 0.15) is 60.1 Å². The van der Waals surface area contributed by atoms with Gasteiger partial charge in [-0.15, -0.1) is 5.10 Å². The minimum Gasteiger partial charge on any atom is -0.460 e. The van der Waals surface area contributed by atoms with Gasteiger partial charge in [0.25, 0.3) is 0 Å². The topological polar surface area (TPSA) is 77.2 Å². The van der Waals surface area contributed by atoms with Gasteiger partial charge in [0.05, 0.1) is 17.5 Å². The van der Waals surface area contributed by atoms with Crippen LogP contribution in [0.4, 0.5) is 0 Å². The molecule has 182 valence electrons. The molecule has 1 aromatic heterocycles. The van der Waals surface area contributed by atoms with Crippen molar-refractivity contribution in [1.82, 2.24) is 15.0 Å². The monoisotopic (exact) mass is 471 g/mol. The summed E-state index contributed by atoms with van der Waals surface area (Å²) < 4.78 is 7.70. The molecule has 0 aliphatic rings. The van der Waals surface area contributed by atoms with Gasteiger partial charge in [-0.05, 0) is 74.1 Å². The second-order valence-electron chi connectivity index (χ2n) is 9.61. The van der Waals surface area contributed by atoms with Gasteiger partial charge < -0.3 is 9.84 Å². The Morgan fingerprint density at radius 2 is 1.83 bits per heavy atom. The number of nitrogens with zero attached hydrogens (tertiary/aromatic N) is 3. The zero-order chi connectivity index (χ0) is 25.2. The smallest absolute Gasteiger partial charge is 0.312 e. The van der Waals surface area contributed by atoms with Crippen molar-refractivity contribution >= 4 is 17.0 Å². The van der Waals surface area contributed by atoms with Gasteiger partial charge in [-0.2, -0.15) is 0 Å². The second-order valence-corrected chi connectivity index (χ2v) is 9.61. The van der Waals surface area contributed by atoms with Gasteiger partial charge in [-0.1, -0.05) is 59.8 Å². The number of hydrogen-bond donors (Lipinski definition) is 1. The molecular formula is C29H33N3O3. The van der Waals surface area contributed by atoms with Crippen LogP contribution in [-0.4, -0.2) is 26.1 Å². The largest absolute Gasteiger partial charge is 0.460 e. The standard InChI is InChI=1S/C29H33N3O3/c1-6-32-25-15-14-24(20(3)27(25)30-31-32)26(22-13-12-19(2)23(16-22)17-33)29(4,5)28(34)35-18-21-10-8-7-9-11-21/h7-16,26,33H,6,17-18H2,1-5H3/t26-/m0/s1. The van der Waals surface area contributed by atoms with E-state index in [1.165, 1.54) is 0 Å². The minimum absolute atomic E-state index is 0.0614. The first kappa shape index (κ1) is 24.6. The van der Waals surface area contributed by atoms with Gasteiger partial charge >= 0.3 is 5.97 Å². The number of carbonyl (C=O) groups excluding carboxylic acids is 1. The van der Waals surface area contributed by atoms with Gasteiger partial charge in [0, 0.05) is 12.5 Å². The Morgan fingerprint density at radius 3 is 2.51 bits per heavy atom. The molecule has 0 unspecified atom stereocenters. The van der Waals surface area contributed by atoms with Crippen molar-refractivity contribution < 1.29 is 14.6 Å². The molecule has 35 heavy (non-hydrogen) atoms. The summed E-state index contributed by atoms with van der Waals surface area (Å²) in [5.41, 5.74) is 6.64. The third kappa shape index (κ3) is 4.71. The van der Waals surface area contributed by atoms with Gasteiger partial charge in [0.1, 0.15) is 12.1 Å². The highest BCUT2D eigenvalue weighted by molar-refractivity contribution is 5.82. The number of aliphatic hydroxyl groups is 1. The number of fused-ring (bicyclic) bond motifs is 1. The highest BCUT2D eigenvalue weighted by Gasteiger charge is 2.41. The summed E-state index contributed by atoms with van der Waals surface area (Å²) >= 11 is 0. The summed E-state index contributed by atoms with van der Waals surface area (Å²) in [6, 6.07) is 19.8. The average Bonchev–Trinajstić information content (AvgIpc) is 3.29. The Hall–Kier alpha value is -3.51. The van der Waals surface area contributed by atoms with Crippen molar-refractivity contribution in [3.05, 3.63) is 94.0 Å². The number of aryl methyl sites for hydroxylation is 3. The van der Waals surface area contributed by atoms with Crippen LogP contribution in [0, 0.1) is 19.3 Å². The third-order valence-electron chi connectivity index (χ3n) is 6.93. The molecule has 4 rings (SSSR count). The SMILES string of the molecule is CCn1nnc2c(C)c([C@H](c3ccc(C)c(CO)c3)C(C)(C)C(=O)OCc3ccccc3)ccc21.